The van der Waals surface area contributed by atoms with Crippen molar-refractivity contribution in [2.45, 2.75) is 63.7 Å². The Morgan fingerprint density at radius 3 is 2.60 bits per heavy atom. The minimum absolute atomic E-state index is 0. The number of aliphatic hydroxyl groups is 1. The molecule has 0 aromatic rings. The van der Waals surface area contributed by atoms with Crippen molar-refractivity contribution in [2.24, 2.45) is 11.7 Å². The second-order valence-corrected chi connectivity index (χ2v) is 5.86. The van der Waals surface area contributed by atoms with E-state index in [2.05, 4.69) is 0 Å². The molecule has 3 atom stereocenters. The molecule has 2 rings (SSSR count). The molecule has 1 aliphatic heterocycles. The van der Waals surface area contributed by atoms with Gasteiger partial charge in [-0.05, 0) is 19.3 Å². The summed E-state index contributed by atoms with van der Waals surface area (Å²) in [5.74, 6) is 0.623. The van der Waals surface area contributed by atoms with Crippen molar-refractivity contribution in [3.8, 4) is 0 Å². The Morgan fingerprint density at radius 2 is 2.05 bits per heavy atom. The fraction of sp³-hybridized carbons (Fsp3) is 0.929. The molecule has 2 aliphatic rings. The maximum Gasteiger partial charge on any atom is 0.410 e. The summed E-state index contributed by atoms with van der Waals surface area (Å²) in [6.07, 6.45) is 5.58. The first kappa shape index (κ1) is 17.5. The normalized spacial score (nSPS) is 26.9. The summed E-state index contributed by atoms with van der Waals surface area (Å²) in [7, 11) is 0. The Kier molecular flexibility index (Phi) is 7.06. The van der Waals surface area contributed by atoms with Gasteiger partial charge in [0.05, 0.1) is 6.54 Å². The first-order valence-corrected chi connectivity index (χ1v) is 7.51. The lowest BCUT2D eigenvalue weighted by molar-refractivity contribution is 0.0120. The quantitative estimate of drug-likeness (QED) is 0.813. The summed E-state index contributed by atoms with van der Waals surface area (Å²) < 4.78 is 5.19. The van der Waals surface area contributed by atoms with Crippen LogP contribution in [0.15, 0.2) is 0 Å². The Hall–Kier alpha value is -0.520. The zero-order valence-electron chi connectivity index (χ0n) is 12.2. The van der Waals surface area contributed by atoms with E-state index < -0.39 is 12.2 Å². The molecular weight excluding hydrogens is 280 g/mol. The number of nitrogens with zero attached hydrogens (tertiary/aromatic N) is 1. The van der Waals surface area contributed by atoms with Gasteiger partial charge in [-0.15, -0.1) is 12.4 Å². The predicted octanol–water partition coefficient (Wildman–Crippen LogP) is 1.91. The van der Waals surface area contributed by atoms with E-state index in [9.17, 15) is 9.90 Å². The number of hydrogen-bond acceptors (Lipinski definition) is 4. The molecule has 0 aromatic carbocycles. The molecule has 1 heterocycles. The second kappa shape index (κ2) is 8.05. The molecule has 0 spiro atoms. The number of hydrogen-bond donors (Lipinski definition) is 2. The molecule has 1 amide bonds. The number of rotatable bonds is 5. The first-order valence-electron chi connectivity index (χ1n) is 7.51. The molecule has 1 unspecified atom stereocenters. The lowest BCUT2D eigenvalue weighted by Gasteiger charge is -2.28. The molecule has 20 heavy (non-hydrogen) atoms. The van der Waals surface area contributed by atoms with Gasteiger partial charge in [0.1, 0.15) is 12.2 Å². The van der Waals surface area contributed by atoms with Crippen LogP contribution in [0, 0.1) is 5.92 Å². The molecule has 1 saturated carbocycles. The van der Waals surface area contributed by atoms with Gasteiger partial charge in [0, 0.05) is 12.6 Å². The van der Waals surface area contributed by atoms with E-state index in [1.807, 2.05) is 6.92 Å². The SMILES string of the molecule is CCN1C[C@@H](C(O)[C@@H](N)CC2CCCCC2)OC1=O.Cl. The van der Waals surface area contributed by atoms with Crippen LogP contribution in [0.3, 0.4) is 0 Å². The van der Waals surface area contributed by atoms with Gasteiger partial charge in [0.2, 0.25) is 0 Å². The van der Waals surface area contributed by atoms with E-state index in [1.54, 1.807) is 4.90 Å². The summed E-state index contributed by atoms with van der Waals surface area (Å²) >= 11 is 0. The molecule has 1 saturated heterocycles. The summed E-state index contributed by atoms with van der Waals surface area (Å²) in [5.41, 5.74) is 6.10. The lowest BCUT2D eigenvalue weighted by Crippen LogP contribution is -2.45. The Morgan fingerprint density at radius 1 is 1.40 bits per heavy atom. The van der Waals surface area contributed by atoms with Crippen LogP contribution in [0.1, 0.15) is 45.4 Å². The Balaban J connectivity index is 0.00000200. The number of carbonyl (C=O) groups is 1. The largest absolute Gasteiger partial charge is 0.441 e. The van der Waals surface area contributed by atoms with Crippen LogP contribution in [0.2, 0.25) is 0 Å². The van der Waals surface area contributed by atoms with E-state index in [0.29, 0.717) is 19.0 Å². The highest BCUT2D eigenvalue weighted by atomic mass is 35.5. The summed E-state index contributed by atoms with van der Waals surface area (Å²) in [6.45, 7) is 2.97. The molecule has 6 heteroatoms. The third-order valence-electron chi connectivity index (χ3n) is 4.44. The number of aliphatic hydroxyl groups excluding tert-OH is 1. The van der Waals surface area contributed by atoms with E-state index in [4.69, 9.17) is 10.5 Å². The maximum absolute atomic E-state index is 11.5. The van der Waals surface area contributed by atoms with Crippen molar-refractivity contribution in [1.29, 1.82) is 0 Å². The van der Waals surface area contributed by atoms with Crippen molar-refractivity contribution in [3.05, 3.63) is 0 Å². The van der Waals surface area contributed by atoms with Gasteiger partial charge in [-0.3, -0.25) is 0 Å². The molecular formula is C14H27ClN2O3. The molecule has 1 aliphatic carbocycles. The molecule has 2 fully saturated rings. The van der Waals surface area contributed by atoms with E-state index >= 15 is 0 Å². The van der Waals surface area contributed by atoms with E-state index in [-0.39, 0.29) is 24.5 Å². The van der Waals surface area contributed by atoms with Gasteiger partial charge < -0.3 is 20.5 Å². The zero-order valence-corrected chi connectivity index (χ0v) is 13.0. The van der Waals surface area contributed by atoms with Crippen molar-refractivity contribution in [3.63, 3.8) is 0 Å². The number of cyclic esters (lactones) is 1. The smallest absolute Gasteiger partial charge is 0.410 e. The van der Waals surface area contributed by atoms with Crippen LogP contribution in [-0.4, -0.2) is 47.4 Å². The summed E-state index contributed by atoms with van der Waals surface area (Å²) in [4.78, 5) is 13.1. The van der Waals surface area contributed by atoms with E-state index in [1.165, 1.54) is 32.1 Å². The third kappa shape index (κ3) is 4.24. The summed E-state index contributed by atoms with van der Waals surface area (Å²) in [6, 6.07) is -0.294. The Bertz CT molecular complexity index is 311. The van der Waals surface area contributed by atoms with Crippen LogP contribution in [0.4, 0.5) is 4.79 Å². The van der Waals surface area contributed by atoms with Crippen molar-refractivity contribution in [1.82, 2.24) is 4.90 Å². The van der Waals surface area contributed by atoms with Crippen LogP contribution in [0.25, 0.3) is 0 Å². The molecule has 3 N–H and O–H groups in total. The van der Waals surface area contributed by atoms with Gasteiger partial charge in [0.25, 0.3) is 0 Å². The van der Waals surface area contributed by atoms with Crippen LogP contribution in [0.5, 0.6) is 0 Å². The zero-order chi connectivity index (χ0) is 13.8. The van der Waals surface area contributed by atoms with Crippen LogP contribution in [-0.2, 0) is 4.74 Å². The topological polar surface area (TPSA) is 75.8 Å². The van der Waals surface area contributed by atoms with Crippen molar-refractivity contribution in [2.75, 3.05) is 13.1 Å². The van der Waals surface area contributed by atoms with Gasteiger partial charge in [-0.1, -0.05) is 32.1 Å². The highest BCUT2D eigenvalue weighted by Gasteiger charge is 2.38. The lowest BCUT2D eigenvalue weighted by atomic mass is 9.83. The number of nitrogens with two attached hydrogens (primary N) is 1. The van der Waals surface area contributed by atoms with E-state index in [0.717, 1.165) is 6.42 Å². The fourth-order valence-corrected chi connectivity index (χ4v) is 3.19. The minimum Gasteiger partial charge on any atom is -0.441 e. The summed E-state index contributed by atoms with van der Waals surface area (Å²) in [5, 5.41) is 10.3. The fourth-order valence-electron chi connectivity index (χ4n) is 3.19. The predicted molar refractivity (Wildman–Crippen MR) is 79.9 cm³/mol. The molecule has 118 valence electrons. The monoisotopic (exact) mass is 306 g/mol. The van der Waals surface area contributed by atoms with Gasteiger partial charge in [-0.2, -0.15) is 0 Å². The van der Waals surface area contributed by atoms with Crippen LogP contribution < -0.4 is 5.73 Å². The number of ether oxygens (including phenoxy) is 1. The highest BCUT2D eigenvalue weighted by molar-refractivity contribution is 5.85. The molecule has 0 radical (unpaired) electrons. The average molecular weight is 307 g/mol. The van der Waals surface area contributed by atoms with Crippen LogP contribution >= 0.6 is 12.4 Å². The first-order chi connectivity index (χ1) is 9.11. The number of amides is 1. The average Bonchev–Trinajstić information content (AvgIpc) is 2.80. The van der Waals surface area contributed by atoms with Gasteiger partial charge in [0.15, 0.2) is 0 Å². The molecule has 0 aromatic heterocycles. The second-order valence-electron chi connectivity index (χ2n) is 5.86. The number of carbonyl (C=O) groups excluding carboxylic acids is 1. The maximum atomic E-state index is 11.5. The third-order valence-corrected chi connectivity index (χ3v) is 4.44. The minimum atomic E-state index is -0.748. The van der Waals surface area contributed by atoms with Crippen molar-refractivity contribution >= 4 is 18.5 Å². The standard InChI is InChI=1S/C14H26N2O3.ClH/c1-2-16-9-12(19-14(16)18)13(17)11(15)8-10-6-4-3-5-7-10;/h10-13,17H,2-9,15H2,1H3;1H/t11-,12-,13?;/m0./s1. The highest BCUT2D eigenvalue weighted by Crippen LogP contribution is 2.28. The van der Waals surface area contributed by atoms with Gasteiger partial charge >= 0.3 is 6.09 Å². The molecule has 0 bridgehead atoms. The Labute approximate surface area is 127 Å². The number of halogens is 1. The van der Waals surface area contributed by atoms with Crippen molar-refractivity contribution < 1.29 is 14.6 Å². The number of likely N-dealkylation sites (N-methyl/N-ethyl adjacent to an activating group) is 1. The van der Waals surface area contributed by atoms with Gasteiger partial charge in [-0.25, -0.2) is 4.79 Å². The molecule has 5 nitrogen and oxygen atoms in total.